The van der Waals surface area contributed by atoms with E-state index in [9.17, 15) is 14.4 Å². The van der Waals surface area contributed by atoms with Gasteiger partial charge in [0.05, 0.1) is 7.11 Å². The third kappa shape index (κ3) is 3.70. The predicted molar refractivity (Wildman–Crippen MR) is 95.0 cm³/mol. The lowest BCUT2D eigenvalue weighted by molar-refractivity contribution is 0.103. The van der Waals surface area contributed by atoms with Crippen molar-refractivity contribution in [3.8, 4) is 23.1 Å². The van der Waals surface area contributed by atoms with Gasteiger partial charge >= 0.3 is 0 Å². The van der Waals surface area contributed by atoms with Crippen LogP contribution in [0, 0.1) is 17.1 Å². The number of ether oxygens (including phenoxy) is 1. The molecule has 0 spiro atoms. The Bertz CT molecular complexity index is 1010. The first-order chi connectivity index (χ1) is 12.6. The summed E-state index contributed by atoms with van der Waals surface area (Å²) in [4.78, 5) is 12.5. The average molecular weight is 347 g/mol. The molecule has 0 fully saturated rings. The number of hydrogen-bond donors (Lipinski definition) is 0. The van der Waals surface area contributed by atoms with Gasteiger partial charge in [-0.1, -0.05) is 12.1 Å². The topological polar surface area (TPSA) is 63.2 Å². The highest BCUT2D eigenvalue weighted by molar-refractivity contribution is 6.14. The molecular weight excluding hydrogens is 333 g/mol. The van der Waals surface area contributed by atoms with Gasteiger partial charge in [-0.05, 0) is 48.5 Å². The van der Waals surface area contributed by atoms with E-state index in [1.165, 1.54) is 25.3 Å². The number of benzene rings is 2. The molecule has 1 heterocycles. The predicted octanol–water partition coefficient (Wildman–Crippen LogP) is 4.88. The molecule has 0 N–H and O–H groups in total. The molecule has 0 amide bonds. The number of rotatable bonds is 5. The summed E-state index contributed by atoms with van der Waals surface area (Å²) >= 11 is 0. The van der Waals surface area contributed by atoms with Crippen LogP contribution >= 0.6 is 0 Å². The number of methoxy groups -OCH3 is 1. The third-order valence-electron chi connectivity index (χ3n) is 3.74. The van der Waals surface area contributed by atoms with E-state index in [-0.39, 0.29) is 11.4 Å². The monoisotopic (exact) mass is 347 g/mol. The van der Waals surface area contributed by atoms with Gasteiger partial charge in [0.2, 0.25) is 5.78 Å². The quantitative estimate of drug-likeness (QED) is 0.375. The summed E-state index contributed by atoms with van der Waals surface area (Å²) in [6, 6.07) is 17.7. The molecule has 0 aliphatic heterocycles. The van der Waals surface area contributed by atoms with Crippen molar-refractivity contribution in [2.75, 3.05) is 7.11 Å². The first-order valence-electron chi connectivity index (χ1n) is 7.77. The van der Waals surface area contributed by atoms with Crippen molar-refractivity contribution >= 4 is 11.9 Å². The second-order valence-corrected chi connectivity index (χ2v) is 5.44. The molecule has 0 saturated carbocycles. The maximum absolute atomic E-state index is 13.0. The Balaban J connectivity index is 1.88. The molecular formula is C21H14FNO3. The van der Waals surface area contributed by atoms with E-state index in [2.05, 4.69) is 0 Å². The smallest absolute Gasteiger partial charge is 0.203 e. The first kappa shape index (κ1) is 17.2. The van der Waals surface area contributed by atoms with E-state index in [4.69, 9.17) is 9.15 Å². The van der Waals surface area contributed by atoms with Crippen molar-refractivity contribution in [1.29, 1.82) is 5.26 Å². The van der Waals surface area contributed by atoms with Crippen molar-refractivity contribution in [1.82, 2.24) is 0 Å². The maximum atomic E-state index is 13.0. The Hall–Kier alpha value is -3.65. The van der Waals surface area contributed by atoms with Crippen molar-refractivity contribution in [3.05, 3.63) is 83.4 Å². The van der Waals surface area contributed by atoms with E-state index in [1.807, 2.05) is 6.07 Å². The fourth-order valence-corrected chi connectivity index (χ4v) is 2.41. The summed E-state index contributed by atoms with van der Waals surface area (Å²) in [5.74, 6) is 0.645. The third-order valence-corrected chi connectivity index (χ3v) is 3.74. The number of ketones is 1. The lowest BCUT2D eigenvalue weighted by Crippen LogP contribution is -2.02. The summed E-state index contributed by atoms with van der Waals surface area (Å²) in [7, 11) is 1.50. The minimum absolute atomic E-state index is 0.0572. The van der Waals surface area contributed by atoms with Gasteiger partial charge in [-0.15, -0.1) is 0 Å². The number of furan rings is 1. The molecule has 26 heavy (non-hydrogen) atoms. The van der Waals surface area contributed by atoms with Crippen LogP contribution in [-0.2, 0) is 0 Å². The van der Waals surface area contributed by atoms with Gasteiger partial charge in [0.1, 0.15) is 34.7 Å². The number of Topliss-reactive ketones (excluding diaryl/α,β-unsaturated/α-hetero) is 1. The molecule has 0 radical (unpaired) electrons. The highest BCUT2D eigenvalue weighted by Gasteiger charge is 2.14. The minimum Gasteiger partial charge on any atom is -0.497 e. The Morgan fingerprint density at radius 3 is 2.62 bits per heavy atom. The van der Waals surface area contributed by atoms with Crippen LogP contribution in [0.15, 0.2) is 70.7 Å². The Labute approximate surface area is 149 Å². The van der Waals surface area contributed by atoms with Crippen LogP contribution in [0.1, 0.15) is 16.1 Å². The Morgan fingerprint density at radius 2 is 1.92 bits per heavy atom. The highest BCUT2D eigenvalue weighted by atomic mass is 19.1. The molecule has 2 aromatic carbocycles. The van der Waals surface area contributed by atoms with Crippen LogP contribution in [0.3, 0.4) is 0 Å². The molecule has 128 valence electrons. The van der Waals surface area contributed by atoms with E-state index in [1.54, 1.807) is 48.5 Å². The maximum Gasteiger partial charge on any atom is 0.203 e. The second-order valence-electron chi connectivity index (χ2n) is 5.44. The van der Waals surface area contributed by atoms with Crippen LogP contribution in [-0.4, -0.2) is 12.9 Å². The molecule has 0 unspecified atom stereocenters. The summed E-state index contributed by atoms with van der Waals surface area (Å²) in [6.07, 6.45) is 1.38. The minimum atomic E-state index is -0.425. The molecule has 0 aliphatic rings. The standard InChI is InChI=1S/C21H14FNO3/c1-25-18-4-2-3-15(11-18)21(24)16(13-23)12-19-9-10-20(26-19)14-5-7-17(22)8-6-14/h2-12H,1H3/b16-12+. The summed E-state index contributed by atoms with van der Waals surface area (Å²) < 4.78 is 23.8. The van der Waals surface area contributed by atoms with Crippen molar-refractivity contribution in [2.45, 2.75) is 0 Å². The zero-order valence-electron chi connectivity index (χ0n) is 13.9. The Morgan fingerprint density at radius 1 is 1.15 bits per heavy atom. The molecule has 4 nitrogen and oxygen atoms in total. The Kier molecular flexibility index (Phi) is 4.95. The fraction of sp³-hybridized carbons (Fsp3) is 0.0476. The number of carbonyl (C=O) groups is 1. The van der Waals surface area contributed by atoms with Crippen LogP contribution in [0.2, 0.25) is 0 Å². The van der Waals surface area contributed by atoms with Crippen LogP contribution in [0.4, 0.5) is 4.39 Å². The van der Waals surface area contributed by atoms with Crippen molar-refractivity contribution in [2.24, 2.45) is 0 Å². The second kappa shape index (κ2) is 7.49. The van der Waals surface area contributed by atoms with Gasteiger partial charge in [0, 0.05) is 17.2 Å². The van der Waals surface area contributed by atoms with Gasteiger partial charge in [-0.2, -0.15) is 5.26 Å². The number of nitriles is 1. The number of nitrogens with zero attached hydrogens (tertiary/aromatic N) is 1. The van der Waals surface area contributed by atoms with E-state index in [0.717, 1.165) is 0 Å². The van der Waals surface area contributed by atoms with Gasteiger partial charge in [-0.25, -0.2) is 4.39 Å². The normalized spacial score (nSPS) is 11.0. The molecule has 0 bridgehead atoms. The zero-order valence-corrected chi connectivity index (χ0v) is 13.9. The largest absolute Gasteiger partial charge is 0.497 e. The average Bonchev–Trinajstić information content (AvgIpc) is 3.14. The molecule has 1 aromatic heterocycles. The number of hydrogen-bond acceptors (Lipinski definition) is 4. The summed E-state index contributed by atoms with van der Waals surface area (Å²) in [5, 5.41) is 9.35. The fourth-order valence-electron chi connectivity index (χ4n) is 2.41. The van der Waals surface area contributed by atoms with Crippen LogP contribution in [0.25, 0.3) is 17.4 Å². The van der Waals surface area contributed by atoms with Crippen molar-refractivity contribution in [3.63, 3.8) is 0 Å². The molecule has 0 atom stereocenters. The summed E-state index contributed by atoms with van der Waals surface area (Å²) in [5.41, 5.74) is 0.990. The van der Waals surface area contributed by atoms with Crippen LogP contribution in [0.5, 0.6) is 5.75 Å². The lowest BCUT2D eigenvalue weighted by atomic mass is 10.0. The SMILES string of the molecule is COc1cccc(C(=O)/C(C#N)=C/c2ccc(-c3ccc(F)cc3)o2)c1. The molecule has 0 aliphatic carbocycles. The van der Waals surface area contributed by atoms with E-state index in [0.29, 0.717) is 28.4 Å². The summed E-state index contributed by atoms with van der Waals surface area (Å²) in [6.45, 7) is 0. The van der Waals surface area contributed by atoms with Gasteiger partial charge in [0.25, 0.3) is 0 Å². The molecule has 0 saturated heterocycles. The van der Waals surface area contributed by atoms with E-state index < -0.39 is 5.78 Å². The number of carbonyl (C=O) groups excluding carboxylic acids is 1. The first-order valence-corrected chi connectivity index (χ1v) is 7.77. The zero-order chi connectivity index (χ0) is 18.5. The van der Waals surface area contributed by atoms with Crippen LogP contribution < -0.4 is 4.74 Å². The van der Waals surface area contributed by atoms with Gasteiger partial charge < -0.3 is 9.15 Å². The van der Waals surface area contributed by atoms with Crippen molar-refractivity contribution < 1.29 is 18.3 Å². The number of halogens is 1. The molecule has 5 heteroatoms. The number of allylic oxidation sites excluding steroid dienone is 1. The highest BCUT2D eigenvalue weighted by Crippen LogP contribution is 2.24. The molecule has 3 aromatic rings. The van der Waals surface area contributed by atoms with E-state index >= 15 is 0 Å². The van der Waals surface area contributed by atoms with Gasteiger partial charge in [-0.3, -0.25) is 4.79 Å². The van der Waals surface area contributed by atoms with Gasteiger partial charge in [0.15, 0.2) is 0 Å². The molecule has 3 rings (SSSR count). The lowest BCUT2D eigenvalue weighted by Gasteiger charge is -2.02.